The normalized spacial score (nSPS) is 18.5. The monoisotopic (exact) mass is 340 g/mol. The highest BCUT2D eigenvalue weighted by atomic mass is 79.9. The number of amides is 2. The molecule has 1 atom stereocenters. The van der Waals surface area contributed by atoms with Crippen LogP contribution in [0.2, 0.25) is 0 Å². The molecule has 2 amide bonds. The standard InChI is InChI=1S/C14H18BrN3O2/c1-17(8-11-4-2-3-5-12(11)15)14(20)10-18-7-6-16-13(19)9-18/h2-5H,6-10H2,1H3,(H,16,19)/p+1. The lowest BCUT2D eigenvalue weighted by Gasteiger charge is -2.25. The molecule has 108 valence electrons. The Morgan fingerprint density at radius 3 is 2.90 bits per heavy atom. The maximum atomic E-state index is 12.2. The highest BCUT2D eigenvalue weighted by molar-refractivity contribution is 9.10. The number of halogens is 1. The number of likely N-dealkylation sites (N-methyl/N-ethyl adjacent to an activating group) is 1. The summed E-state index contributed by atoms with van der Waals surface area (Å²) in [5.74, 6) is 0.0814. The second-order valence-corrected chi connectivity index (χ2v) is 5.90. The molecular weight excluding hydrogens is 322 g/mol. The fourth-order valence-corrected chi connectivity index (χ4v) is 2.64. The summed E-state index contributed by atoms with van der Waals surface area (Å²) in [6.45, 7) is 2.78. The third-order valence-electron chi connectivity index (χ3n) is 3.40. The van der Waals surface area contributed by atoms with Crippen LogP contribution in [0.5, 0.6) is 0 Å². The zero-order valence-electron chi connectivity index (χ0n) is 11.5. The molecule has 0 aromatic heterocycles. The van der Waals surface area contributed by atoms with Crippen molar-refractivity contribution in [2.24, 2.45) is 0 Å². The first-order valence-corrected chi connectivity index (χ1v) is 7.43. The Kier molecular flexibility index (Phi) is 5.14. The number of carbonyl (C=O) groups is 2. The van der Waals surface area contributed by atoms with Crippen LogP contribution in [0.15, 0.2) is 28.7 Å². The number of quaternary nitrogens is 1. The number of carbonyl (C=O) groups excluding carboxylic acids is 2. The van der Waals surface area contributed by atoms with Crippen LogP contribution in [0.3, 0.4) is 0 Å². The van der Waals surface area contributed by atoms with Gasteiger partial charge in [-0.15, -0.1) is 0 Å². The van der Waals surface area contributed by atoms with E-state index < -0.39 is 0 Å². The van der Waals surface area contributed by atoms with E-state index in [1.807, 2.05) is 24.3 Å². The van der Waals surface area contributed by atoms with Gasteiger partial charge in [0.1, 0.15) is 0 Å². The van der Waals surface area contributed by atoms with Crippen LogP contribution in [0.4, 0.5) is 0 Å². The molecule has 5 nitrogen and oxygen atoms in total. The van der Waals surface area contributed by atoms with Crippen LogP contribution < -0.4 is 10.2 Å². The maximum absolute atomic E-state index is 12.2. The Labute approximate surface area is 127 Å². The SMILES string of the molecule is CN(Cc1ccccc1Br)C(=O)C[NH+]1CCNC(=O)C1. The lowest BCUT2D eigenvalue weighted by Crippen LogP contribution is -3.16. The molecule has 1 aliphatic rings. The molecule has 1 fully saturated rings. The molecule has 0 spiro atoms. The second-order valence-electron chi connectivity index (χ2n) is 5.04. The van der Waals surface area contributed by atoms with Gasteiger partial charge in [0.05, 0.1) is 13.1 Å². The van der Waals surface area contributed by atoms with Crippen molar-refractivity contribution in [2.45, 2.75) is 6.54 Å². The van der Waals surface area contributed by atoms with Gasteiger partial charge in [0.25, 0.3) is 11.8 Å². The molecule has 0 bridgehead atoms. The zero-order chi connectivity index (χ0) is 14.5. The third kappa shape index (κ3) is 4.05. The summed E-state index contributed by atoms with van der Waals surface area (Å²) in [4.78, 5) is 26.2. The van der Waals surface area contributed by atoms with E-state index in [0.29, 0.717) is 26.2 Å². The molecule has 1 aromatic rings. The van der Waals surface area contributed by atoms with Crippen LogP contribution in [-0.2, 0) is 16.1 Å². The minimum Gasteiger partial charge on any atom is -0.346 e. The van der Waals surface area contributed by atoms with E-state index in [1.165, 1.54) is 0 Å². The maximum Gasteiger partial charge on any atom is 0.277 e. The molecule has 0 aliphatic carbocycles. The zero-order valence-corrected chi connectivity index (χ0v) is 13.1. The summed E-state index contributed by atoms with van der Waals surface area (Å²) in [6.07, 6.45) is 0. The topological polar surface area (TPSA) is 53.9 Å². The van der Waals surface area contributed by atoms with Crippen molar-refractivity contribution in [1.29, 1.82) is 0 Å². The fraction of sp³-hybridized carbons (Fsp3) is 0.429. The van der Waals surface area contributed by atoms with E-state index in [0.717, 1.165) is 21.5 Å². The third-order valence-corrected chi connectivity index (χ3v) is 4.18. The highest BCUT2D eigenvalue weighted by Crippen LogP contribution is 2.17. The van der Waals surface area contributed by atoms with Crippen molar-refractivity contribution in [3.05, 3.63) is 34.3 Å². The quantitative estimate of drug-likeness (QED) is 0.770. The molecular formula is C14H19BrN3O2+. The van der Waals surface area contributed by atoms with Crippen molar-refractivity contribution in [2.75, 3.05) is 33.2 Å². The fourth-order valence-electron chi connectivity index (χ4n) is 2.23. The first-order chi connectivity index (χ1) is 9.56. The number of hydrogen-bond donors (Lipinski definition) is 2. The average Bonchev–Trinajstić information content (AvgIpc) is 2.41. The second kappa shape index (κ2) is 6.85. The van der Waals surface area contributed by atoms with E-state index in [2.05, 4.69) is 21.2 Å². The van der Waals surface area contributed by atoms with Crippen molar-refractivity contribution in [3.63, 3.8) is 0 Å². The van der Waals surface area contributed by atoms with E-state index in [9.17, 15) is 9.59 Å². The van der Waals surface area contributed by atoms with Crippen LogP contribution in [0.25, 0.3) is 0 Å². The van der Waals surface area contributed by atoms with Crippen LogP contribution in [0, 0.1) is 0 Å². The van der Waals surface area contributed by atoms with Gasteiger partial charge in [0.2, 0.25) is 0 Å². The van der Waals surface area contributed by atoms with Crippen molar-refractivity contribution >= 4 is 27.7 Å². The van der Waals surface area contributed by atoms with Gasteiger partial charge >= 0.3 is 0 Å². The van der Waals surface area contributed by atoms with Gasteiger partial charge in [-0.3, -0.25) is 9.59 Å². The van der Waals surface area contributed by atoms with Crippen molar-refractivity contribution < 1.29 is 14.5 Å². The molecule has 6 heteroatoms. The number of nitrogens with zero attached hydrogens (tertiary/aromatic N) is 1. The predicted octanol–water partition coefficient (Wildman–Crippen LogP) is -0.578. The molecule has 20 heavy (non-hydrogen) atoms. The predicted molar refractivity (Wildman–Crippen MR) is 79.2 cm³/mol. The van der Waals surface area contributed by atoms with E-state index in [4.69, 9.17) is 0 Å². The molecule has 0 radical (unpaired) electrons. The molecule has 1 saturated heterocycles. The van der Waals surface area contributed by atoms with E-state index in [1.54, 1.807) is 11.9 Å². The Morgan fingerprint density at radius 2 is 2.20 bits per heavy atom. The van der Waals surface area contributed by atoms with Crippen molar-refractivity contribution in [3.8, 4) is 0 Å². The summed E-state index contributed by atoms with van der Waals surface area (Å²) in [5.41, 5.74) is 1.08. The smallest absolute Gasteiger partial charge is 0.277 e. The Balaban J connectivity index is 1.89. The summed E-state index contributed by atoms with van der Waals surface area (Å²) in [6, 6.07) is 7.87. The van der Waals surface area contributed by atoms with Crippen LogP contribution in [0.1, 0.15) is 5.56 Å². The van der Waals surface area contributed by atoms with Gasteiger partial charge < -0.3 is 15.1 Å². The number of nitrogens with one attached hydrogen (secondary N) is 2. The molecule has 2 N–H and O–H groups in total. The number of benzene rings is 1. The van der Waals surface area contributed by atoms with E-state index >= 15 is 0 Å². The molecule has 2 rings (SSSR count). The summed E-state index contributed by atoms with van der Waals surface area (Å²) in [5, 5.41) is 2.77. The summed E-state index contributed by atoms with van der Waals surface area (Å²) >= 11 is 3.48. The van der Waals surface area contributed by atoms with Gasteiger partial charge in [-0.1, -0.05) is 34.1 Å². The number of piperazine rings is 1. The van der Waals surface area contributed by atoms with Gasteiger partial charge in [-0.2, -0.15) is 0 Å². The van der Waals surface area contributed by atoms with E-state index in [-0.39, 0.29) is 11.8 Å². The van der Waals surface area contributed by atoms with Gasteiger partial charge in [0, 0.05) is 18.1 Å². The molecule has 1 heterocycles. The largest absolute Gasteiger partial charge is 0.346 e. The number of rotatable bonds is 4. The van der Waals surface area contributed by atoms with Crippen LogP contribution in [-0.4, -0.2) is 49.9 Å². The molecule has 1 aliphatic heterocycles. The molecule has 1 aromatic carbocycles. The summed E-state index contributed by atoms with van der Waals surface area (Å²) < 4.78 is 1.00. The molecule has 1 unspecified atom stereocenters. The lowest BCUT2D eigenvalue weighted by molar-refractivity contribution is -0.885. The average molecular weight is 341 g/mol. The first-order valence-electron chi connectivity index (χ1n) is 6.64. The Hall–Kier alpha value is -1.40. The molecule has 0 saturated carbocycles. The lowest BCUT2D eigenvalue weighted by atomic mass is 10.2. The Bertz CT molecular complexity index is 507. The first kappa shape index (κ1) is 15.0. The van der Waals surface area contributed by atoms with Crippen LogP contribution >= 0.6 is 15.9 Å². The van der Waals surface area contributed by atoms with Crippen molar-refractivity contribution in [1.82, 2.24) is 10.2 Å². The van der Waals surface area contributed by atoms with Gasteiger partial charge in [-0.05, 0) is 11.6 Å². The minimum absolute atomic E-state index is 0.0208. The van der Waals surface area contributed by atoms with Gasteiger partial charge in [0.15, 0.2) is 13.1 Å². The highest BCUT2D eigenvalue weighted by Gasteiger charge is 2.23. The summed E-state index contributed by atoms with van der Waals surface area (Å²) in [7, 11) is 1.80. The number of hydrogen-bond acceptors (Lipinski definition) is 2. The Morgan fingerprint density at radius 1 is 1.45 bits per heavy atom. The minimum atomic E-state index is 0.0208. The van der Waals surface area contributed by atoms with Gasteiger partial charge in [-0.25, -0.2) is 0 Å².